The molecule has 0 saturated carbocycles. The molecular formula is C18H24F2O2. The first-order chi connectivity index (χ1) is 10.5. The summed E-state index contributed by atoms with van der Waals surface area (Å²) in [7, 11) is 2.92. The molecule has 0 radical (unpaired) electrons. The van der Waals surface area contributed by atoms with Gasteiger partial charge in [-0.25, -0.2) is 8.78 Å². The summed E-state index contributed by atoms with van der Waals surface area (Å²) in [5, 5.41) is 0. The molecule has 4 heteroatoms. The molecule has 0 spiro atoms. The van der Waals surface area contributed by atoms with Gasteiger partial charge < -0.3 is 9.47 Å². The molecular weight excluding hydrogens is 286 g/mol. The Morgan fingerprint density at radius 3 is 1.86 bits per heavy atom. The topological polar surface area (TPSA) is 18.5 Å². The monoisotopic (exact) mass is 310 g/mol. The molecule has 0 fully saturated rings. The Hall–Kier alpha value is -2.10. The van der Waals surface area contributed by atoms with Crippen molar-refractivity contribution in [2.45, 2.75) is 27.7 Å². The number of hydrogen-bond acceptors (Lipinski definition) is 2. The molecule has 0 N–H and O–H groups in total. The minimum atomic E-state index is -0.303. The number of ether oxygens (including phenoxy) is 2. The molecule has 0 saturated heterocycles. The highest BCUT2D eigenvalue weighted by atomic mass is 19.1. The van der Waals surface area contributed by atoms with E-state index >= 15 is 0 Å². The van der Waals surface area contributed by atoms with E-state index in [0.29, 0.717) is 11.5 Å². The number of halogens is 2. The Kier molecular flexibility index (Phi) is 9.59. The average molecular weight is 310 g/mol. The van der Waals surface area contributed by atoms with Gasteiger partial charge in [0.05, 0.1) is 14.2 Å². The Morgan fingerprint density at radius 2 is 1.45 bits per heavy atom. The molecule has 2 rings (SSSR count). The molecule has 0 aliphatic rings. The van der Waals surface area contributed by atoms with Gasteiger partial charge in [-0.3, -0.25) is 0 Å². The van der Waals surface area contributed by atoms with Gasteiger partial charge >= 0.3 is 0 Å². The van der Waals surface area contributed by atoms with Gasteiger partial charge in [-0.2, -0.15) is 0 Å². The lowest BCUT2D eigenvalue weighted by Gasteiger charge is -2.03. The Balaban J connectivity index is 0.000000360. The fraction of sp³-hybridized carbons (Fsp3) is 0.333. The first-order valence-electron chi connectivity index (χ1n) is 7.08. The average Bonchev–Trinajstić information content (AvgIpc) is 2.50. The fourth-order valence-electron chi connectivity index (χ4n) is 1.65. The summed E-state index contributed by atoms with van der Waals surface area (Å²) < 4.78 is 35.0. The lowest BCUT2D eigenvalue weighted by Crippen LogP contribution is -1.89. The molecule has 0 aliphatic heterocycles. The first-order valence-corrected chi connectivity index (χ1v) is 7.08. The van der Waals surface area contributed by atoms with Gasteiger partial charge in [0.25, 0.3) is 0 Å². The van der Waals surface area contributed by atoms with Crippen LogP contribution < -0.4 is 9.47 Å². The molecule has 2 nitrogen and oxygen atoms in total. The Morgan fingerprint density at radius 1 is 0.818 bits per heavy atom. The van der Waals surface area contributed by atoms with Crippen LogP contribution in [-0.2, 0) is 0 Å². The van der Waals surface area contributed by atoms with Crippen molar-refractivity contribution in [1.82, 2.24) is 0 Å². The molecule has 0 atom stereocenters. The molecule has 0 heterocycles. The van der Waals surface area contributed by atoms with E-state index < -0.39 is 0 Å². The van der Waals surface area contributed by atoms with Gasteiger partial charge in [0, 0.05) is 0 Å². The van der Waals surface area contributed by atoms with Crippen LogP contribution in [0, 0.1) is 25.5 Å². The second-order valence-electron chi connectivity index (χ2n) is 4.23. The van der Waals surface area contributed by atoms with E-state index in [0.717, 1.165) is 11.1 Å². The lowest BCUT2D eigenvalue weighted by atomic mass is 10.2. The molecule has 22 heavy (non-hydrogen) atoms. The lowest BCUT2D eigenvalue weighted by molar-refractivity contribution is 0.383. The van der Waals surface area contributed by atoms with Crippen LogP contribution in [0.4, 0.5) is 8.78 Å². The third-order valence-electron chi connectivity index (χ3n) is 2.68. The minimum absolute atomic E-state index is 0.297. The number of hydrogen-bond donors (Lipinski definition) is 0. The molecule has 0 aromatic heterocycles. The summed E-state index contributed by atoms with van der Waals surface area (Å²) in [5.74, 6) is 0.0260. The highest BCUT2D eigenvalue weighted by Gasteiger charge is 2.02. The van der Waals surface area contributed by atoms with Gasteiger partial charge in [0.1, 0.15) is 0 Å². The second-order valence-corrected chi connectivity index (χ2v) is 4.23. The zero-order valence-corrected chi connectivity index (χ0v) is 14.0. The third kappa shape index (κ3) is 6.12. The molecule has 2 aromatic carbocycles. The van der Waals surface area contributed by atoms with Crippen LogP contribution >= 0.6 is 0 Å². The van der Waals surface area contributed by atoms with E-state index in [9.17, 15) is 8.78 Å². The maximum absolute atomic E-state index is 12.7. The van der Waals surface area contributed by atoms with E-state index in [2.05, 4.69) is 0 Å². The van der Waals surface area contributed by atoms with Crippen LogP contribution in [-0.4, -0.2) is 14.2 Å². The summed E-state index contributed by atoms with van der Waals surface area (Å²) in [5.41, 5.74) is 1.72. The van der Waals surface area contributed by atoms with Crippen molar-refractivity contribution in [3.05, 3.63) is 59.2 Å². The van der Waals surface area contributed by atoms with Gasteiger partial charge in [-0.05, 0) is 43.2 Å². The summed E-state index contributed by atoms with van der Waals surface area (Å²) >= 11 is 0. The van der Waals surface area contributed by atoms with Gasteiger partial charge in [-0.1, -0.05) is 32.0 Å². The quantitative estimate of drug-likeness (QED) is 0.748. The largest absolute Gasteiger partial charge is 0.494 e. The first kappa shape index (κ1) is 19.9. The van der Waals surface area contributed by atoms with Gasteiger partial charge in [-0.15, -0.1) is 0 Å². The van der Waals surface area contributed by atoms with E-state index in [1.54, 1.807) is 12.1 Å². The number of aryl methyl sites for hydroxylation is 2. The molecule has 122 valence electrons. The normalized spacial score (nSPS) is 8.91. The van der Waals surface area contributed by atoms with E-state index in [4.69, 9.17) is 9.47 Å². The van der Waals surface area contributed by atoms with Crippen molar-refractivity contribution in [2.75, 3.05) is 14.2 Å². The highest BCUT2D eigenvalue weighted by molar-refractivity contribution is 5.33. The van der Waals surface area contributed by atoms with Crippen LogP contribution in [0.5, 0.6) is 11.5 Å². The van der Waals surface area contributed by atoms with Crippen molar-refractivity contribution < 1.29 is 18.3 Å². The van der Waals surface area contributed by atoms with Crippen molar-refractivity contribution in [3.8, 4) is 11.5 Å². The SMILES string of the molecule is CC.COc1c(C)cccc1F.COc1ccc(C)cc1F. The van der Waals surface area contributed by atoms with Gasteiger partial charge in [0.15, 0.2) is 23.1 Å². The molecule has 0 unspecified atom stereocenters. The van der Waals surface area contributed by atoms with Gasteiger partial charge in [0.2, 0.25) is 0 Å². The highest BCUT2D eigenvalue weighted by Crippen LogP contribution is 2.20. The summed E-state index contributed by atoms with van der Waals surface area (Å²) in [6, 6.07) is 9.71. The second kappa shape index (κ2) is 10.6. The Labute approximate surface area is 131 Å². The molecule has 2 aromatic rings. The fourth-order valence-corrected chi connectivity index (χ4v) is 1.65. The van der Waals surface area contributed by atoms with Crippen LogP contribution in [0.15, 0.2) is 36.4 Å². The Bertz CT molecular complexity index is 549. The van der Waals surface area contributed by atoms with Crippen molar-refractivity contribution in [2.24, 2.45) is 0 Å². The molecule has 0 bridgehead atoms. The van der Waals surface area contributed by atoms with E-state index in [1.165, 1.54) is 26.4 Å². The number of methoxy groups -OCH3 is 2. The summed E-state index contributed by atoms with van der Waals surface area (Å²) in [4.78, 5) is 0. The zero-order valence-electron chi connectivity index (χ0n) is 14.0. The van der Waals surface area contributed by atoms with E-state index in [1.807, 2.05) is 39.8 Å². The smallest absolute Gasteiger partial charge is 0.165 e. The van der Waals surface area contributed by atoms with Crippen LogP contribution in [0.1, 0.15) is 25.0 Å². The standard InChI is InChI=1S/2C8H9FO.C2H6/c1-6-3-4-8(10-2)7(9)5-6;1-6-4-3-5-7(9)8(6)10-2;1-2/h2*3-5H,1-2H3;1-2H3. The van der Waals surface area contributed by atoms with Crippen LogP contribution in [0.25, 0.3) is 0 Å². The number of rotatable bonds is 2. The number of benzene rings is 2. The number of para-hydroxylation sites is 1. The summed E-state index contributed by atoms with van der Waals surface area (Å²) in [6.45, 7) is 7.64. The zero-order chi connectivity index (χ0) is 17.1. The van der Waals surface area contributed by atoms with Crippen molar-refractivity contribution >= 4 is 0 Å². The van der Waals surface area contributed by atoms with Crippen molar-refractivity contribution in [3.63, 3.8) is 0 Å². The maximum atomic E-state index is 12.7. The van der Waals surface area contributed by atoms with Crippen LogP contribution in [0.3, 0.4) is 0 Å². The van der Waals surface area contributed by atoms with Crippen LogP contribution in [0.2, 0.25) is 0 Å². The third-order valence-corrected chi connectivity index (χ3v) is 2.68. The predicted octanol–water partition coefficient (Wildman–Crippen LogP) is 5.31. The van der Waals surface area contributed by atoms with Crippen molar-refractivity contribution in [1.29, 1.82) is 0 Å². The molecule has 0 amide bonds. The molecule has 0 aliphatic carbocycles. The predicted molar refractivity (Wildman–Crippen MR) is 86.7 cm³/mol. The van der Waals surface area contributed by atoms with E-state index in [-0.39, 0.29) is 11.6 Å². The maximum Gasteiger partial charge on any atom is 0.165 e. The summed E-state index contributed by atoms with van der Waals surface area (Å²) in [6.07, 6.45) is 0. The minimum Gasteiger partial charge on any atom is -0.494 e.